The fraction of sp³-hybridized carbons (Fsp3) is 0.588. The van der Waals surface area contributed by atoms with Gasteiger partial charge >= 0.3 is 5.97 Å². The molecule has 0 radical (unpaired) electrons. The first-order chi connectivity index (χ1) is 9.75. The molecule has 0 spiro atoms. The molecule has 0 amide bonds. The molecular weight excluding hydrogens is 250 g/mol. The zero-order valence-electron chi connectivity index (χ0n) is 11.9. The van der Waals surface area contributed by atoms with E-state index < -0.39 is 5.97 Å². The molecule has 1 saturated carbocycles. The summed E-state index contributed by atoms with van der Waals surface area (Å²) in [5.74, 6) is -0.779. The quantitative estimate of drug-likeness (QED) is 0.842. The number of fused-ring (bicyclic) bond motifs is 1. The van der Waals surface area contributed by atoms with Crippen LogP contribution in [0.25, 0.3) is 0 Å². The second-order valence-corrected chi connectivity index (χ2v) is 6.14. The second-order valence-electron chi connectivity index (χ2n) is 6.14. The fourth-order valence-electron chi connectivity index (χ4n) is 3.81. The molecule has 3 nitrogen and oxygen atoms in total. The van der Waals surface area contributed by atoms with E-state index in [1.807, 2.05) is 0 Å². The lowest BCUT2D eigenvalue weighted by Crippen LogP contribution is -2.45. The molecule has 108 valence electrons. The lowest BCUT2D eigenvalue weighted by molar-refractivity contribution is -0.144. The molecule has 0 aromatic heterocycles. The van der Waals surface area contributed by atoms with E-state index in [9.17, 15) is 9.90 Å². The van der Waals surface area contributed by atoms with Crippen LogP contribution in [-0.2, 0) is 17.8 Å². The molecule has 1 heterocycles. The molecular formula is C17H23NO2. The molecule has 2 atom stereocenters. The van der Waals surface area contributed by atoms with Crippen LogP contribution in [0, 0.1) is 5.92 Å². The average Bonchev–Trinajstić information content (AvgIpc) is 2.72. The Kier molecular flexibility index (Phi) is 4.06. The highest BCUT2D eigenvalue weighted by Gasteiger charge is 2.34. The molecule has 1 aromatic rings. The van der Waals surface area contributed by atoms with Crippen molar-refractivity contribution in [3.63, 3.8) is 0 Å². The van der Waals surface area contributed by atoms with E-state index in [4.69, 9.17) is 0 Å². The number of carboxylic acids is 1. The molecule has 1 aliphatic carbocycles. The number of benzene rings is 1. The molecule has 2 unspecified atom stereocenters. The number of nitrogens with zero attached hydrogens (tertiary/aromatic N) is 1. The number of rotatable bonds is 2. The molecule has 2 aliphatic rings. The van der Waals surface area contributed by atoms with Gasteiger partial charge in [0.25, 0.3) is 0 Å². The van der Waals surface area contributed by atoms with Gasteiger partial charge in [-0.15, -0.1) is 0 Å². The van der Waals surface area contributed by atoms with Crippen molar-refractivity contribution < 1.29 is 9.90 Å². The van der Waals surface area contributed by atoms with Crippen molar-refractivity contribution in [3.05, 3.63) is 35.4 Å². The predicted molar refractivity (Wildman–Crippen MR) is 78.6 cm³/mol. The SMILES string of the molecule is O=C(O)C1CCCCCC1N1CCc2ccccc2C1. The fourth-order valence-corrected chi connectivity index (χ4v) is 3.81. The smallest absolute Gasteiger partial charge is 0.308 e. The number of hydrogen-bond donors (Lipinski definition) is 1. The standard InChI is InChI=1S/C17H23NO2/c19-17(20)15-8-2-1-3-9-16(15)18-11-10-13-6-4-5-7-14(13)12-18/h4-7,15-16H,1-3,8-12H2,(H,19,20). The Bertz CT molecular complexity index is 486. The van der Waals surface area contributed by atoms with Gasteiger partial charge in [0.1, 0.15) is 0 Å². The third-order valence-electron chi connectivity index (χ3n) is 4.93. The van der Waals surface area contributed by atoms with Gasteiger partial charge in [0.05, 0.1) is 5.92 Å². The van der Waals surface area contributed by atoms with E-state index in [1.165, 1.54) is 24.0 Å². The minimum Gasteiger partial charge on any atom is -0.481 e. The van der Waals surface area contributed by atoms with Crippen molar-refractivity contribution >= 4 is 5.97 Å². The number of aliphatic carboxylic acids is 1. The highest BCUT2D eigenvalue weighted by Crippen LogP contribution is 2.31. The van der Waals surface area contributed by atoms with Crippen LogP contribution >= 0.6 is 0 Å². The molecule has 20 heavy (non-hydrogen) atoms. The van der Waals surface area contributed by atoms with Crippen LogP contribution in [0.1, 0.15) is 43.2 Å². The Hall–Kier alpha value is -1.35. The van der Waals surface area contributed by atoms with Gasteiger partial charge in [0.15, 0.2) is 0 Å². The third kappa shape index (κ3) is 2.73. The number of hydrogen-bond acceptors (Lipinski definition) is 2. The molecule has 1 fully saturated rings. The van der Waals surface area contributed by atoms with E-state index in [2.05, 4.69) is 29.2 Å². The van der Waals surface area contributed by atoms with Crippen molar-refractivity contribution in [1.29, 1.82) is 0 Å². The van der Waals surface area contributed by atoms with Crippen LogP contribution in [0.2, 0.25) is 0 Å². The first kappa shape index (κ1) is 13.6. The van der Waals surface area contributed by atoms with Gasteiger partial charge in [-0.25, -0.2) is 0 Å². The summed E-state index contributed by atoms with van der Waals surface area (Å²) >= 11 is 0. The minimum absolute atomic E-state index is 0.178. The normalized spacial score (nSPS) is 27.6. The van der Waals surface area contributed by atoms with Gasteiger partial charge in [-0.05, 0) is 30.4 Å². The maximum atomic E-state index is 11.6. The van der Waals surface area contributed by atoms with Crippen LogP contribution in [0.3, 0.4) is 0 Å². The second kappa shape index (κ2) is 5.96. The van der Waals surface area contributed by atoms with Crippen LogP contribution in [0.5, 0.6) is 0 Å². The molecule has 0 bridgehead atoms. The Morgan fingerprint density at radius 3 is 2.65 bits per heavy atom. The number of carboxylic acid groups (broad SMARTS) is 1. The van der Waals surface area contributed by atoms with Crippen molar-refractivity contribution in [3.8, 4) is 0 Å². The van der Waals surface area contributed by atoms with E-state index >= 15 is 0 Å². The highest BCUT2D eigenvalue weighted by molar-refractivity contribution is 5.71. The van der Waals surface area contributed by atoms with Crippen LogP contribution in [0.15, 0.2) is 24.3 Å². The van der Waals surface area contributed by atoms with Gasteiger partial charge < -0.3 is 5.11 Å². The maximum absolute atomic E-state index is 11.6. The van der Waals surface area contributed by atoms with Crippen LogP contribution < -0.4 is 0 Å². The highest BCUT2D eigenvalue weighted by atomic mass is 16.4. The Morgan fingerprint density at radius 2 is 1.85 bits per heavy atom. The average molecular weight is 273 g/mol. The topological polar surface area (TPSA) is 40.5 Å². The van der Waals surface area contributed by atoms with Gasteiger partial charge in [0.2, 0.25) is 0 Å². The Morgan fingerprint density at radius 1 is 1.10 bits per heavy atom. The predicted octanol–water partition coefficient (Wildman–Crippen LogP) is 3.08. The Labute approximate surface area is 120 Å². The summed E-state index contributed by atoms with van der Waals surface area (Å²) in [6, 6.07) is 8.80. The minimum atomic E-state index is -0.601. The molecule has 3 heteroatoms. The van der Waals surface area contributed by atoms with Gasteiger partial charge in [-0.1, -0.05) is 43.5 Å². The summed E-state index contributed by atoms with van der Waals surface area (Å²) < 4.78 is 0. The third-order valence-corrected chi connectivity index (χ3v) is 4.93. The summed E-state index contributed by atoms with van der Waals surface area (Å²) in [6.07, 6.45) is 6.37. The monoisotopic (exact) mass is 273 g/mol. The first-order valence-corrected chi connectivity index (χ1v) is 7.79. The van der Waals surface area contributed by atoms with Crippen molar-refractivity contribution in [2.75, 3.05) is 6.54 Å². The molecule has 0 saturated heterocycles. The summed E-state index contributed by atoms with van der Waals surface area (Å²) in [5, 5.41) is 9.53. The van der Waals surface area contributed by atoms with E-state index in [0.717, 1.165) is 38.8 Å². The molecule has 3 rings (SSSR count). The van der Waals surface area contributed by atoms with Crippen molar-refractivity contribution in [1.82, 2.24) is 4.90 Å². The summed E-state index contributed by atoms with van der Waals surface area (Å²) in [6.45, 7) is 1.93. The number of carbonyl (C=O) groups is 1. The molecule has 1 N–H and O–H groups in total. The van der Waals surface area contributed by atoms with E-state index in [-0.39, 0.29) is 12.0 Å². The van der Waals surface area contributed by atoms with Crippen LogP contribution in [0.4, 0.5) is 0 Å². The van der Waals surface area contributed by atoms with E-state index in [1.54, 1.807) is 0 Å². The van der Waals surface area contributed by atoms with E-state index in [0.29, 0.717) is 0 Å². The molecule has 1 aliphatic heterocycles. The maximum Gasteiger partial charge on any atom is 0.308 e. The summed E-state index contributed by atoms with van der Waals surface area (Å²) in [4.78, 5) is 14.0. The largest absolute Gasteiger partial charge is 0.481 e. The van der Waals surface area contributed by atoms with Crippen LogP contribution in [-0.4, -0.2) is 28.6 Å². The molecule has 1 aromatic carbocycles. The van der Waals surface area contributed by atoms with Gasteiger partial charge in [-0.3, -0.25) is 9.69 Å². The van der Waals surface area contributed by atoms with Crippen molar-refractivity contribution in [2.24, 2.45) is 5.92 Å². The van der Waals surface area contributed by atoms with Gasteiger partial charge in [0, 0.05) is 19.1 Å². The Balaban J connectivity index is 1.79. The summed E-state index contributed by atoms with van der Waals surface area (Å²) in [7, 11) is 0. The van der Waals surface area contributed by atoms with Gasteiger partial charge in [-0.2, -0.15) is 0 Å². The first-order valence-electron chi connectivity index (χ1n) is 7.79. The summed E-state index contributed by atoms with van der Waals surface area (Å²) in [5.41, 5.74) is 2.82. The lowest BCUT2D eigenvalue weighted by Gasteiger charge is -2.37. The lowest BCUT2D eigenvalue weighted by atomic mass is 9.90. The zero-order valence-corrected chi connectivity index (χ0v) is 11.9. The zero-order chi connectivity index (χ0) is 13.9. The van der Waals surface area contributed by atoms with Crippen molar-refractivity contribution in [2.45, 2.75) is 51.1 Å².